The first kappa shape index (κ1) is 20.4. The first-order valence-electron chi connectivity index (χ1n) is 8.68. The summed E-state index contributed by atoms with van der Waals surface area (Å²) in [4.78, 5) is 26.3. The van der Waals surface area contributed by atoms with Gasteiger partial charge < -0.3 is 10.0 Å². The third-order valence-corrected chi connectivity index (χ3v) is 6.75. The molecule has 1 aromatic carbocycles. The van der Waals surface area contributed by atoms with E-state index < -0.39 is 21.4 Å². The minimum Gasteiger partial charge on any atom is -0.481 e. The first-order valence-corrected chi connectivity index (χ1v) is 10.2. The van der Waals surface area contributed by atoms with Crippen LogP contribution < -0.4 is 4.72 Å². The van der Waals surface area contributed by atoms with Crippen molar-refractivity contribution in [2.45, 2.75) is 39.0 Å². The molecular formula is C18H26N2O5S. The van der Waals surface area contributed by atoms with Crippen molar-refractivity contribution in [3.05, 3.63) is 29.3 Å². The zero-order valence-corrected chi connectivity index (χ0v) is 16.4. The minimum atomic E-state index is -3.67. The lowest BCUT2D eigenvalue weighted by Crippen LogP contribution is -2.40. The summed E-state index contributed by atoms with van der Waals surface area (Å²) in [7, 11) is -3.67. The molecule has 1 fully saturated rings. The monoisotopic (exact) mass is 382 g/mol. The molecule has 0 saturated carbocycles. The molecule has 1 aliphatic rings. The Bertz CT molecular complexity index is 819. The second kappa shape index (κ2) is 7.36. The molecule has 1 saturated heterocycles. The Morgan fingerprint density at radius 1 is 1.35 bits per heavy atom. The van der Waals surface area contributed by atoms with Crippen molar-refractivity contribution in [1.82, 2.24) is 9.62 Å². The van der Waals surface area contributed by atoms with Crippen molar-refractivity contribution in [2.75, 3.05) is 19.6 Å². The highest BCUT2D eigenvalue weighted by Crippen LogP contribution is 2.38. The van der Waals surface area contributed by atoms with E-state index in [4.69, 9.17) is 0 Å². The van der Waals surface area contributed by atoms with Gasteiger partial charge in [0.1, 0.15) is 0 Å². The number of hydrogen-bond acceptors (Lipinski definition) is 4. The summed E-state index contributed by atoms with van der Waals surface area (Å²) in [6.07, 6.45) is 0.389. The molecule has 1 heterocycles. The topological polar surface area (TPSA) is 104 Å². The number of carbonyl (C=O) groups excluding carboxylic acids is 1. The van der Waals surface area contributed by atoms with Gasteiger partial charge in [-0.2, -0.15) is 0 Å². The van der Waals surface area contributed by atoms with E-state index in [1.807, 2.05) is 13.8 Å². The highest BCUT2D eigenvalue weighted by atomic mass is 32.2. The lowest BCUT2D eigenvalue weighted by molar-refractivity contribution is -0.150. The largest absolute Gasteiger partial charge is 0.481 e. The summed E-state index contributed by atoms with van der Waals surface area (Å²) in [5.41, 5.74) is -0.0199. The Labute approximate surface area is 154 Å². The molecule has 0 aromatic heterocycles. The van der Waals surface area contributed by atoms with Crippen LogP contribution in [0.25, 0.3) is 0 Å². The fourth-order valence-corrected chi connectivity index (χ4v) is 4.41. The SMILES string of the molecule is CCNS(=O)(=O)c1ccc(C)c(C(=O)N2CCC(C(=O)O)(C(C)C)C2)c1. The number of aryl methyl sites for hydroxylation is 1. The van der Waals surface area contributed by atoms with Crippen molar-refractivity contribution < 1.29 is 23.1 Å². The number of rotatable bonds is 6. The Hall–Kier alpha value is -1.93. The van der Waals surface area contributed by atoms with E-state index in [1.54, 1.807) is 19.9 Å². The summed E-state index contributed by atoms with van der Waals surface area (Å²) in [6, 6.07) is 4.43. The Balaban J connectivity index is 2.35. The third-order valence-electron chi connectivity index (χ3n) is 5.20. The van der Waals surface area contributed by atoms with Gasteiger partial charge in [-0.3, -0.25) is 9.59 Å². The number of nitrogens with zero attached hydrogens (tertiary/aromatic N) is 1. The molecule has 0 bridgehead atoms. The lowest BCUT2D eigenvalue weighted by atomic mass is 9.76. The number of amides is 1. The van der Waals surface area contributed by atoms with E-state index in [1.165, 1.54) is 17.0 Å². The number of likely N-dealkylation sites (tertiary alicyclic amines) is 1. The molecule has 144 valence electrons. The van der Waals surface area contributed by atoms with Crippen molar-refractivity contribution in [3.8, 4) is 0 Å². The van der Waals surface area contributed by atoms with Gasteiger partial charge in [-0.05, 0) is 37.0 Å². The number of benzene rings is 1. The quantitative estimate of drug-likeness (QED) is 0.782. The predicted octanol–water partition coefficient (Wildman–Crippen LogP) is 1.87. The molecule has 8 heteroatoms. The maximum atomic E-state index is 13.0. The van der Waals surface area contributed by atoms with Crippen molar-refractivity contribution in [3.63, 3.8) is 0 Å². The van der Waals surface area contributed by atoms with Crippen LogP contribution in [0.2, 0.25) is 0 Å². The van der Waals surface area contributed by atoms with Gasteiger partial charge in [-0.25, -0.2) is 13.1 Å². The molecule has 1 amide bonds. The second-order valence-corrected chi connectivity index (χ2v) is 8.84. The van der Waals surface area contributed by atoms with Crippen LogP contribution in [0, 0.1) is 18.3 Å². The highest BCUT2D eigenvalue weighted by Gasteiger charge is 2.48. The average molecular weight is 382 g/mol. The van der Waals surface area contributed by atoms with Gasteiger partial charge >= 0.3 is 5.97 Å². The third kappa shape index (κ3) is 3.61. The smallest absolute Gasteiger partial charge is 0.311 e. The molecule has 2 N–H and O–H groups in total. The molecule has 2 rings (SSSR count). The standard InChI is InChI=1S/C18H26N2O5S/c1-5-19-26(24,25)14-7-6-13(4)15(10-14)16(21)20-9-8-18(11-20,12(2)3)17(22)23/h6-7,10,12,19H,5,8-9,11H2,1-4H3,(H,22,23). The van der Waals surface area contributed by atoms with Gasteiger partial charge in [-0.1, -0.05) is 26.8 Å². The molecule has 7 nitrogen and oxygen atoms in total. The van der Waals surface area contributed by atoms with E-state index in [0.29, 0.717) is 18.5 Å². The number of aliphatic carboxylic acids is 1. The minimum absolute atomic E-state index is 0.0286. The maximum absolute atomic E-state index is 13.0. The zero-order chi connectivity index (χ0) is 19.7. The summed E-state index contributed by atoms with van der Waals surface area (Å²) >= 11 is 0. The average Bonchev–Trinajstić information content (AvgIpc) is 3.01. The summed E-state index contributed by atoms with van der Waals surface area (Å²) < 4.78 is 26.8. The fourth-order valence-electron chi connectivity index (χ4n) is 3.34. The number of hydrogen-bond donors (Lipinski definition) is 2. The number of carbonyl (C=O) groups is 2. The maximum Gasteiger partial charge on any atom is 0.311 e. The van der Waals surface area contributed by atoms with Crippen LogP contribution in [0.3, 0.4) is 0 Å². The van der Waals surface area contributed by atoms with Gasteiger partial charge in [0, 0.05) is 25.2 Å². The molecule has 26 heavy (non-hydrogen) atoms. The van der Waals surface area contributed by atoms with Crippen LogP contribution in [-0.2, 0) is 14.8 Å². The Kier molecular flexibility index (Phi) is 5.77. The summed E-state index contributed by atoms with van der Waals surface area (Å²) in [6.45, 7) is 7.82. The van der Waals surface area contributed by atoms with Gasteiger partial charge in [0.05, 0.1) is 10.3 Å². The number of sulfonamides is 1. The molecule has 0 aliphatic carbocycles. The van der Waals surface area contributed by atoms with Crippen LogP contribution in [0.4, 0.5) is 0 Å². The van der Waals surface area contributed by atoms with Gasteiger partial charge in [0.2, 0.25) is 10.0 Å². The van der Waals surface area contributed by atoms with Crippen LogP contribution in [0.5, 0.6) is 0 Å². The molecule has 1 unspecified atom stereocenters. The van der Waals surface area contributed by atoms with E-state index in [-0.39, 0.29) is 35.4 Å². The van der Waals surface area contributed by atoms with E-state index in [0.717, 1.165) is 0 Å². The molecule has 1 aromatic rings. The van der Waals surface area contributed by atoms with Crippen LogP contribution in [-0.4, -0.2) is 49.9 Å². The van der Waals surface area contributed by atoms with Crippen LogP contribution in [0.1, 0.15) is 43.1 Å². The second-order valence-electron chi connectivity index (χ2n) is 7.07. The summed E-state index contributed by atoms with van der Waals surface area (Å²) in [5, 5.41) is 9.64. The predicted molar refractivity (Wildman–Crippen MR) is 97.5 cm³/mol. The van der Waals surface area contributed by atoms with Crippen molar-refractivity contribution in [2.24, 2.45) is 11.3 Å². The van der Waals surface area contributed by atoms with E-state index in [9.17, 15) is 23.1 Å². The van der Waals surface area contributed by atoms with E-state index >= 15 is 0 Å². The highest BCUT2D eigenvalue weighted by molar-refractivity contribution is 7.89. The molecule has 0 spiro atoms. The lowest BCUT2D eigenvalue weighted by Gasteiger charge is -2.28. The Morgan fingerprint density at radius 2 is 2.00 bits per heavy atom. The Morgan fingerprint density at radius 3 is 2.50 bits per heavy atom. The van der Waals surface area contributed by atoms with Crippen LogP contribution in [0.15, 0.2) is 23.1 Å². The molecule has 1 aliphatic heterocycles. The first-order chi connectivity index (χ1) is 12.0. The summed E-state index contributed by atoms with van der Waals surface area (Å²) in [5.74, 6) is -1.35. The zero-order valence-electron chi connectivity index (χ0n) is 15.6. The number of carboxylic acid groups (broad SMARTS) is 1. The van der Waals surface area contributed by atoms with Gasteiger partial charge in [-0.15, -0.1) is 0 Å². The van der Waals surface area contributed by atoms with Crippen LogP contribution >= 0.6 is 0 Å². The van der Waals surface area contributed by atoms with Crippen molar-refractivity contribution in [1.29, 1.82) is 0 Å². The van der Waals surface area contributed by atoms with Gasteiger partial charge in [0.15, 0.2) is 0 Å². The number of carboxylic acids is 1. The molecule has 0 radical (unpaired) electrons. The molecular weight excluding hydrogens is 356 g/mol. The van der Waals surface area contributed by atoms with E-state index in [2.05, 4.69) is 4.72 Å². The normalized spacial score (nSPS) is 20.6. The fraction of sp³-hybridized carbons (Fsp3) is 0.556. The molecule has 1 atom stereocenters. The van der Waals surface area contributed by atoms with Crippen molar-refractivity contribution >= 4 is 21.9 Å². The number of nitrogens with one attached hydrogen (secondary N) is 1. The van der Waals surface area contributed by atoms with Gasteiger partial charge in [0.25, 0.3) is 5.91 Å².